The van der Waals surface area contributed by atoms with Crippen LogP contribution in [0.4, 0.5) is 0 Å². The van der Waals surface area contributed by atoms with Crippen molar-refractivity contribution in [2.75, 3.05) is 0 Å². The van der Waals surface area contributed by atoms with E-state index in [2.05, 4.69) is 0 Å². The van der Waals surface area contributed by atoms with E-state index in [1.165, 1.54) is 0 Å². The third kappa shape index (κ3) is 2.62. The Hall–Kier alpha value is -1.64. The Morgan fingerprint density at radius 3 is 2.18 bits per heavy atom. The highest BCUT2D eigenvalue weighted by molar-refractivity contribution is 5.35. The van der Waals surface area contributed by atoms with E-state index in [4.69, 9.17) is 0 Å². The summed E-state index contributed by atoms with van der Waals surface area (Å²) in [6.45, 7) is 0. The minimum atomic E-state index is -0.463. The van der Waals surface area contributed by atoms with E-state index >= 15 is 0 Å². The van der Waals surface area contributed by atoms with Gasteiger partial charge in [0.2, 0.25) is 6.20 Å². The molecule has 0 saturated carbocycles. The largest absolute Gasteiger partial charge is 0.259 e. The van der Waals surface area contributed by atoms with Gasteiger partial charge in [0, 0.05) is 5.57 Å². The molecule has 3 nitrogen and oxygen atoms in total. The molecule has 0 unspecified atom stereocenters. The molecule has 11 heavy (non-hydrogen) atoms. The van der Waals surface area contributed by atoms with Crippen molar-refractivity contribution in [3.8, 4) is 0 Å². The molecule has 0 saturated heterocycles. The van der Waals surface area contributed by atoms with Crippen LogP contribution in [-0.4, -0.2) is 4.92 Å². The minimum Gasteiger partial charge on any atom is -0.259 e. The normalized spacial score (nSPS) is 14.7. The molecule has 1 aliphatic carbocycles. The van der Waals surface area contributed by atoms with Gasteiger partial charge in [0.05, 0.1) is 4.92 Å². The molecule has 0 radical (unpaired) electrons. The van der Waals surface area contributed by atoms with Crippen molar-refractivity contribution in [2.45, 2.75) is 0 Å². The van der Waals surface area contributed by atoms with Crippen LogP contribution in [-0.2, 0) is 0 Å². The molecule has 0 bridgehead atoms. The summed E-state index contributed by atoms with van der Waals surface area (Å²) in [6.07, 6.45) is 11.5. The second kappa shape index (κ2) is 3.51. The quantitative estimate of drug-likeness (QED) is 0.421. The summed E-state index contributed by atoms with van der Waals surface area (Å²) in [5.74, 6) is 0. The zero-order valence-electron chi connectivity index (χ0n) is 5.81. The van der Waals surface area contributed by atoms with E-state index in [-0.39, 0.29) is 0 Å². The van der Waals surface area contributed by atoms with E-state index in [9.17, 15) is 10.1 Å². The van der Waals surface area contributed by atoms with Crippen LogP contribution in [0.15, 0.2) is 48.2 Å². The van der Waals surface area contributed by atoms with Crippen LogP contribution in [0.1, 0.15) is 0 Å². The number of nitro groups is 1. The molecule has 0 aromatic rings. The summed E-state index contributed by atoms with van der Waals surface area (Å²) in [7, 11) is 0. The fraction of sp³-hybridized carbons (Fsp3) is 0. The Balaban J connectivity index is 2.82. The Morgan fingerprint density at radius 2 is 1.73 bits per heavy atom. The highest BCUT2D eigenvalue weighted by atomic mass is 16.6. The van der Waals surface area contributed by atoms with E-state index in [1.54, 1.807) is 24.3 Å². The first-order chi connectivity index (χ1) is 5.29. The molecule has 3 heteroatoms. The number of hydrogen-bond acceptors (Lipinski definition) is 2. The van der Waals surface area contributed by atoms with Gasteiger partial charge < -0.3 is 0 Å². The number of nitrogens with zero attached hydrogens (tertiary/aromatic N) is 1. The van der Waals surface area contributed by atoms with Crippen molar-refractivity contribution in [2.24, 2.45) is 0 Å². The fourth-order valence-corrected chi connectivity index (χ4v) is 0.725. The van der Waals surface area contributed by atoms with Gasteiger partial charge in [-0.3, -0.25) is 10.1 Å². The molecule has 0 heterocycles. The fourth-order valence-electron chi connectivity index (χ4n) is 0.725. The summed E-state index contributed by atoms with van der Waals surface area (Å²) in [5, 5.41) is 10.0. The number of rotatable bonds is 1. The van der Waals surface area contributed by atoms with Gasteiger partial charge in [0.15, 0.2) is 0 Å². The second-order valence-electron chi connectivity index (χ2n) is 2.02. The van der Waals surface area contributed by atoms with Crippen LogP contribution in [0.2, 0.25) is 0 Å². The molecule has 0 aromatic carbocycles. The minimum absolute atomic E-state index is 0.463. The van der Waals surface area contributed by atoms with E-state index in [0.29, 0.717) is 5.57 Å². The number of allylic oxidation sites excluding steroid dienone is 7. The first-order valence-electron chi connectivity index (χ1n) is 3.16. The van der Waals surface area contributed by atoms with Crippen molar-refractivity contribution in [1.29, 1.82) is 0 Å². The molecule has 0 N–H and O–H groups in total. The predicted molar refractivity (Wildman–Crippen MR) is 42.5 cm³/mol. The van der Waals surface area contributed by atoms with Gasteiger partial charge in [0.1, 0.15) is 0 Å². The van der Waals surface area contributed by atoms with Crippen LogP contribution in [0.25, 0.3) is 0 Å². The lowest BCUT2D eigenvalue weighted by Gasteiger charge is -1.84. The van der Waals surface area contributed by atoms with E-state index < -0.39 is 4.92 Å². The third-order valence-corrected chi connectivity index (χ3v) is 1.17. The Bertz CT molecular complexity index is 254. The van der Waals surface area contributed by atoms with Crippen LogP contribution in [0.3, 0.4) is 0 Å². The van der Waals surface area contributed by atoms with Gasteiger partial charge in [-0.1, -0.05) is 24.3 Å². The van der Waals surface area contributed by atoms with Crippen LogP contribution in [0.5, 0.6) is 0 Å². The van der Waals surface area contributed by atoms with Crippen LogP contribution >= 0.6 is 0 Å². The molecular formula is C8H7NO2. The average molecular weight is 149 g/mol. The van der Waals surface area contributed by atoms with Crippen molar-refractivity contribution in [1.82, 2.24) is 0 Å². The Labute approximate surface area is 64.2 Å². The summed E-state index contributed by atoms with van der Waals surface area (Å²) in [6, 6.07) is 0. The molecule has 1 aliphatic rings. The predicted octanol–water partition coefficient (Wildman–Crippen LogP) is 1.83. The van der Waals surface area contributed by atoms with Crippen molar-refractivity contribution in [3.05, 3.63) is 58.3 Å². The van der Waals surface area contributed by atoms with Crippen molar-refractivity contribution < 1.29 is 4.92 Å². The maximum atomic E-state index is 10.0. The lowest BCUT2D eigenvalue weighted by molar-refractivity contribution is -0.403. The van der Waals surface area contributed by atoms with Gasteiger partial charge in [-0.25, -0.2) is 0 Å². The number of hydrogen-bond donors (Lipinski definition) is 0. The summed E-state index contributed by atoms with van der Waals surface area (Å²) in [5.41, 5.74) is 0.597. The van der Waals surface area contributed by atoms with Gasteiger partial charge in [-0.15, -0.1) is 0 Å². The van der Waals surface area contributed by atoms with Crippen molar-refractivity contribution in [3.63, 3.8) is 0 Å². The second-order valence-corrected chi connectivity index (χ2v) is 2.02. The summed E-state index contributed by atoms with van der Waals surface area (Å²) < 4.78 is 0. The molecule has 56 valence electrons. The molecule has 0 aromatic heterocycles. The maximum absolute atomic E-state index is 10.0. The molecule has 0 spiro atoms. The van der Waals surface area contributed by atoms with Crippen LogP contribution in [0, 0.1) is 10.1 Å². The highest BCUT2D eigenvalue weighted by Crippen LogP contribution is 2.03. The average Bonchev–Trinajstić information content (AvgIpc) is 2.14. The van der Waals surface area contributed by atoms with E-state index in [0.717, 1.165) is 6.20 Å². The van der Waals surface area contributed by atoms with Gasteiger partial charge in [-0.2, -0.15) is 0 Å². The molecule has 1 rings (SSSR count). The summed E-state index contributed by atoms with van der Waals surface area (Å²) in [4.78, 5) is 9.56. The van der Waals surface area contributed by atoms with Gasteiger partial charge in [-0.05, 0) is 12.2 Å². The first-order valence-corrected chi connectivity index (χ1v) is 3.16. The third-order valence-electron chi connectivity index (χ3n) is 1.17. The molecular weight excluding hydrogens is 142 g/mol. The Morgan fingerprint density at radius 1 is 1.18 bits per heavy atom. The molecule has 0 atom stereocenters. The first kappa shape index (κ1) is 7.47. The molecule has 0 aliphatic heterocycles. The molecule has 0 amide bonds. The van der Waals surface area contributed by atoms with Crippen molar-refractivity contribution >= 4 is 0 Å². The zero-order valence-corrected chi connectivity index (χ0v) is 5.81. The van der Waals surface area contributed by atoms with E-state index in [1.807, 2.05) is 12.2 Å². The SMILES string of the molecule is O=[N+]([O-])C=C1C=CC=CC=C1. The van der Waals surface area contributed by atoms with Crippen LogP contribution < -0.4 is 0 Å². The van der Waals surface area contributed by atoms with Gasteiger partial charge in [0.25, 0.3) is 0 Å². The smallest absolute Gasteiger partial charge is 0.241 e. The Kier molecular flexibility index (Phi) is 2.38. The lowest BCUT2D eigenvalue weighted by atomic mass is 10.2. The zero-order chi connectivity index (χ0) is 8.10. The maximum Gasteiger partial charge on any atom is 0.241 e. The lowest BCUT2D eigenvalue weighted by Crippen LogP contribution is -1.85. The monoisotopic (exact) mass is 149 g/mol. The highest BCUT2D eigenvalue weighted by Gasteiger charge is 1.93. The topological polar surface area (TPSA) is 43.1 Å². The van der Waals surface area contributed by atoms with Gasteiger partial charge >= 0.3 is 0 Å². The summed E-state index contributed by atoms with van der Waals surface area (Å²) >= 11 is 0. The molecule has 0 fully saturated rings. The standard InChI is InChI=1S/C8H7NO2/c10-9(11)7-8-5-3-1-2-4-6-8/h1-7H.